The van der Waals surface area contributed by atoms with Gasteiger partial charge in [-0.3, -0.25) is 14.5 Å². The van der Waals surface area contributed by atoms with Crippen molar-refractivity contribution in [1.29, 1.82) is 0 Å². The molecule has 3 aromatic heterocycles. The third-order valence-corrected chi connectivity index (χ3v) is 5.42. The quantitative estimate of drug-likeness (QED) is 0.450. The fourth-order valence-electron chi connectivity index (χ4n) is 3.63. The molecule has 1 amide bonds. The number of nitrogens with zero attached hydrogens (tertiary/aromatic N) is 3. The average molecular weight is 485 g/mol. The van der Waals surface area contributed by atoms with E-state index in [1.54, 1.807) is 26.1 Å². The van der Waals surface area contributed by atoms with Crippen LogP contribution in [0.4, 0.5) is 24.5 Å². The number of H-pyrrole nitrogens is 1. The van der Waals surface area contributed by atoms with Gasteiger partial charge in [-0.1, -0.05) is 13.8 Å². The maximum Gasteiger partial charge on any atom is 0.405 e. The molecule has 0 aliphatic carbocycles. The van der Waals surface area contributed by atoms with Gasteiger partial charge in [-0.15, -0.1) is 0 Å². The lowest BCUT2D eigenvalue weighted by atomic mass is 10.0. The Morgan fingerprint density at radius 1 is 1.24 bits per heavy atom. The molecule has 33 heavy (non-hydrogen) atoms. The van der Waals surface area contributed by atoms with Gasteiger partial charge in [0.05, 0.1) is 30.0 Å². The van der Waals surface area contributed by atoms with Crippen molar-refractivity contribution in [2.75, 3.05) is 22.4 Å². The van der Waals surface area contributed by atoms with Gasteiger partial charge in [-0.2, -0.15) is 13.2 Å². The number of alkyl halides is 3. The van der Waals surface area contributed by atoms with Crippen LogP contribution in [0.15, 0.2) is 36.9 Å². The first kappa shape index (κ1) is 24.3. The van der Waals surface area contributed by atoms with Crippen LogP contribution in [-0.2, 0) is 14.8 Å². The minimum atomic E-state index is -4.59. The van der Waals surface area contributed by atoms with Crippen LogP contribution in [0.3, 0.4) is 0 Å². The van der Waals surface area contributed by atoms with Gasteiger partial charge in [-0.25, -0.2) is 13.4 Å². The summed E-state index contributed by atoms with van der Waals surface area (Å²) in [5.74, 6) is -1.37. The van der Waals surface area contributed by atoms with Gasteiger partial charge < -0.3 is 15.6 Å². The van der Waals surface area contributed by atoms with Crippen LogP contribution < -0.4 is 15.4 Å². The summed E-state index contributed by atoms with van der Waals surface area (Å²) in [6, 6.07) is 1.81. The highest BCUT2D eigenvalue weighted by atomic mass is 32.2. The minimum Gasteiger partial charge on any atom is -0.368 e. The summed E-state index contributed by atoms with van der Waals surface area (Å²) in [6.45, 7) is 1.83. The van der Waals surface area contributed by atoms with E-state index in [0.717, 1.165) is 11.2 Å². The summed E-state index contributed by atoms with van der Waals surface area (Å²) in [6.07, 6.45) is 2.02. The number of halogens is 3. The number of nitrogens with one attached hydrogen (secondary N) is 2. The first-order chi connectivity index (χ1) is 15.2. The SMILES string of the molecule is CC(C)[C@@H](C(N)=O)N(CC(F)(F)F)c1cncc(-c2c[nH]c3ncc(NS(C)(=O)=O)cc23)c1. The number of hydrogen-bond donors (Lipinski definition) is 3. The molecule has 13 heteroatoms. The van der Waals surface area contributed by atoms with Crippen LogP contribution >= 0.6 is 0 Å². The molecule has 9 nitrogen and oxygen atoms in total. The standard InChI is InChI=1S/C20H23F3N6O3S/c1-11(2)17(18(24)30)29(10-20(21,22)23)14-4-12(6-25-8-14)16-9-27-19-15(16)5-13(7-26-19)28-33(3,31)32/h4-9,11,17,28H,10H2,1-3H3,(H2,24,30)(H,26,27)/t17-/m0/s1. The Morgan fingerprint density at radius 3 is 2.52 bits per heavy atom. The number of nitrogens with two attached hydrogens (primary N) is 1. The van der Waals surface area contributed by atoms with E-state index >= 15 is 0 Å². The lowest BCUT2D eigenvalue weighted by Gasteiger charge is -2.34. The number of primary amides is 1. The van der Waals surface area contributed by atoms with Crippen LogP contribution in [-0.4, -0.2) is 54.3 Å². The first-order valence-electron chi connectivity index (χ1n) is 9.78. The summed E-state index contributed by atoms with van der Waals surface area (Å²) < 4.78 is 65.5. The third-order valence-electron chi connectivity index (χ3n) is 4.81. The molecule has 0 spiro atoms. The van der Waals surface area contributed by atoms with Crippen molar-refractivity contribution in [1.82, 2.24) is 15.0 Å². The second-order valence-corrected chi connectivity index (χ2v) is 9.71. The molecule has 178 valence electrons. The third kappa shape index (κ3) is 5.92. The van der Waals surface area contributed by atoms with Crippen LogP contribution in [0.1, 0.15) is 13.8 Å². The average Bonchev–Trinajstić information content (AvgIpc) is 3.08. The molecule has 0 fully saturated rings. The second kappa shape index (κ2) is 8.89. The predicted molar refractivity (Wildman–Crippen MR) is 119 cm³/mol. The van der Waals surface area contributed by atoms with Crippen molar-refractivity contribution in [2.24, 2.45) is 11.7 Å². The van der Waals surface area contributed by atoms with Crippen molar-refractivity contribution < 1.29 is 26.4 Å². The fraction of sp³-hybridized carbons (Fsp3) is 0.350. The van der Waals surface area contributed by atoms with E-state index in [-0.39, 0.29) is 11.4 Å². The molecule has 0 unspecified atom stereocenters. The van der Waals surface area contributed by atoms with E-state index in [0.29, 0.717) is 22.2 Å². The zero-order valence-electron chi connectivity index (χ0n) is 18.0. The summed E-state index contributed by atoms with van der Waals surface area (Å²) in [4.78, 5) is 24.1. The number of carbonyl (C=O) groups excluding carboxylic acids is 1. The van der Waals surface area contributed by atoms with E-state index < -0.39 is 40.6 Å². The molecule has 0 radical (unpaired) electrons. The highest BCUT2D eigenvalue weighted by Crippen LogP contribution is 2.33. The number of hydrogen-bond acceptors (Lipinski definition) is 6. The summed E-state index contributed by atoms with van der Waals surface area (Å²) >= 11 is 0. The number of sulfonamides is 1. The van der Waals surface area contributed by atoms with Gasteiger partial charge in [0.2, 0.25) is 15.9 Å². The first-order valence-corrected chi connectivity index (χ1v) is 11.7. The molecule has 1 atom stereocenters. The molecular weight excluding hydrogens is 461 g/mol. The Balaban J connectivity index is 2.10. The van der Waals surface area contributed by atoms with Crippen molar-refractivity contribution in [3.05, 3.63) is 36.9 Å². The van der Waals surface area contributed by atoms with Gasteiger partial charge in [-0.05, 0) is 18.1 Å². The number of rotatable bonds is 8. The Kier molecular flexibility index (Phi) is 6.54. The molecule has 0 bridgehead atoms. The Bertz CT molecular complexity index is 1270. The molecule has 3 rings (SSSR count). The largest absolute Gasteiger partial charge is 0.405 e. The summed E-state index contributed by atoms with van der Waals surface area (Å²) in [5, 5.41) is 0.528. The highest BCUT2D eigenvalue weighted by Gasteiger charge is 2.37. The second-order valence-electron chi connectivity index (χ2n) is 7.96. The van der Waals surface area contributed by atoms with Crippen molar-refractivity contribution in [2.45, 2.75) is 26.1 Å². The van der Waals surface area contributed by atoms with Crippen molar-refractivity contribution in [3.8, 4) is 11.1 Å². The van der Waals surface area contributed by atoms with E-state index in [1.807, 2.05) is 0 Å². The van der Waals surface area contributed by atoms with Gasteiger partial charge in [0.1, 0.15) is 18.2 Å². The minimum absolute atomic E-state index is 0.0649. The molecule has 0 saturated carbocycles. The van der Waals surface area contributed by atoms with Crippen LogP contribution in [0.25, 0.3) is 22.2 Å². The molecule has 3 aromatic rings. The monoisotopic (exact) mass is 484 g/mol. The lowest BCUT2D eigenvalue weighted by molar-refractivity contribution is -0.126. The van der Waals surface area contributed by atoms with Gasteiger partial charge >= 0.3 is 6.18 Å². The Hall–Kier alpha value is -3.35. The van der Waals surface area contributed by atoms with Crippen LogP contribution in [0.2, 0.25) is 0 Å². The maximum atomic E-state index is 13.4. The zero-order valence-corrected chi connectivity index (χ0v) is 18.8. The van der Waals surface area contributed by atoms with E-state index in [4.69, 9.17) is 5.73 Å². The van der Waals surface area contributed by atoms with Gasteiger partial charge in [0.15, 0.2) is 0 Å². The molecule has 0 aliphatic rings. The van der Waals surface area contributed by atoms with E-state index in [2.05, 4.69) is 19.7 Å². The molecule has 0 saturated heterocycles. The van der Waals surface area contributed by atoms with Crippen LogP contribution in [0, 0.1) is 5.92 Å². The fourth-order valence-corrected chi connectivity index (χ4v) is 4.17. The predicted octanol–water partition coefficient (Wildman–Crippen LogP) is 2.88. The number of amides is 1. The number of fused-ring (bicyclic) bond motifs is 1. The Labute approximate surface area is 188 Å². The molecule has 3 heterocycles. The summed E-state index contributed by atoms with van der Waals surface area (Å²) in [7, 11) is -3.54. The normalized spacial score (nSPS) is 13.3. The molecular formula is C20H23F3N6O3S. The smallest absolute Gasteiger partial charge is 0.368 e. The zero-order chi connectivity index (χ0) is 24.6. The number of pyridine rings is 2. The number of aromatic amines is 1. The number of carbonyl (C=O) groups is 1. The number of aromatic nitrogens is 3. The molecule has 0 aliphatic heterocycles. The van der Waals surface area contributed by atoms with Crippen molar-refractivity contribution >= 4 is 38.3 Å². The van der Waals surface area contributed by atoms with Crippen molar-refractivity contribution in [3.63, 3.8) is 0 Å². The Morgan fingerprint density at radius 2 is 1.94 bits per heavy atom. The summed E-state index contributed by atoms with van der Waals surface area (Å²) in [5.41, 5.74) is 7.14. The number of anilines is 2. The molecule has 4 N–H and O–H groups in total. The van der Waals surface area contributed by atoms with Gasteiger partial charge in [0, 0.05) is 28.9 Å². The van der Waals surface area contributed by atoms with E-state index in [1.165, 1.54) is 24.7 Å². The highest BCUT2D eigenvalue weighted by molar-refractivity contribution is 7.92. The van der Waals surface area contributed by atoms with E-state index in [9.17, 15) is 26.4 Å². The van der Waals surface area contributed by atoms with Crippen LogP contribution in [0.5, 0.6) is 0 Å². The topological polar surface area (TPSA) is 134 Å². The molecule has 0 aromatic carbocycles. The van der Waals surface area contributed by atoms with Gasteiger partial charge in [0.25, 0.3) is 0 Å². The lowest BCUT2D eigenvalue weighted by Crippen LogP contribution is -2.51. The maximum absolute atomic E-state index is 13.4.